The van der Waals surface area contributed by atoms with Crippen molar-refractivity contribution < 1.29 is 73.5 Å². The molecule has 2 aliphatic rings. The predicted octanol–water partition coefficient (Wildman–Crippen LogP) is -3.25. The predicted molar refractivity (Wildman–Crippen MR) is 203 cm³/mol. The Morgan fingerprint density at radius 3 is 2.69 bits per heavy atom. The maximum Gasteiger partial charge on any atom is 1.00 e. The number of anilines is 1. The number of thioether (sulfide) groups is 1. The number of nitrogens with two attached hydrogens (primary N) is 1. The van der Waals surface area contributed by atoms with Gasteiger partial charge in [-0.2, -0.15) is 0 Å². The van der Waals surface area contributed by atoms with Gasteiger partial charge in [-0.1, -0.05) is 16.8 Å². The van der Waals surface area contributed by atoms with Gasteiger partial charge in [-0.3, -0.25) is 19.3 Å². The summed E-state index contributed by atoms with van der Waals surface area (Å²) in [5.41, 5.74) is 5.85. The number of aliphatic carboxylic acids is 1. The summed E-state index contributed by atoms with van der Waals surface area (Å²) in [4.78, 5) is 62.4. The number of tetrazole rings is 1. The van der Waals surface area contributed by atoms with Crippen molar-refractivity contribution in [1.29, 1.82) is 0 Å². The number of hydrogen-bond acceptors (Lipinski definition) is 16. The van der Waals surface area contributed by atoms with E-state index < -0.39 is 52.2 Å². The number of aromatic nitrogens is 7. The number of hydrogen-bond donors (Lipinski definition) is 5. The van der Waals surface area contributed by atoms with E-state index in [9.17, 15) is 34.5 Å². The minimum atomic E-state index is -1.88. The number of carbonyl (C=O) groups excluding carboxylic acids is 4. The third-order valence-corrected chi connectivity index (χ3v) is 11.5. The van der Waals surface area contributed by atoms with Gasteiger partial charge in [-0.15, -0.1) is 28.2 Å². The number of phenolic OH excluding ortho intramolecular Hbond substituents is 2. The Labute approximate surface area is 364 Å². The first kappa shape index (κ1) is 42.3. The number of amides is 3. The molecule has 58 heavy (non-hydrogen) atoms. The first-order valence-corrected chi connectivity index (χ1v) is 19.3. The number of benzene rings is 1. The van der Waals surface area contributed by atoms with Crippen molar-refractivity contribution >= 4 is 85.8 Å². The zero-order chi connectivity index (χ0) is 40.8. The zero-order valence-corrected chi connectivity index (χ0v) is 35.6. The Bertz CT molecular complexity index is 2520. The number of nitrogens with one attached hydrogen (secondary N) is 2. The number of carbonyl (C=O) groups is 4. The fourth-order valence-corrected chi connectivity index (χ4v) is 8.20. The van der Waals surface area contributed by atoms with Crippen molar-refractivity contribution in [2.75, 3.05) is 18.0 Å². The fraction of sp³-hybridized carbons (Fsp3) is 0.294. The summed E-state index contributed by atoms with van der Waals surface area (Å²) < 4.78 is 5.39. The molecule has 0 bridgehead atoms. The molecule has 296 valence electrons. The summed E-state index contributed by atoms with van der Waals surface area (Å²) in [6, 6.07) is 5.39. The van der Waals surface area contributed by atoms with Crippen LogP contribution in [-0.2, 0) is 39.4 Å². The Morgan fingerprint density at radius 2 is 2.00 bits per heavy atom. The number of β-lactam (4-membered cyclic amide) rings is 1. The van der Waals surface area contributed by atoms with Crippen LogP contribution in [-0.4, -0.2) is 104 Å². The van der Waals surface area contributed by atoms with Crippen LogP contribution in [0.25, 0.3) is 16.6 Å². The van der Waals surface area contributed by atoms with Crippen LogP contribution in [0.5, 0.6) is 11.5 Å². The minimum Gasteiger partial charge on any atom is -0.546 e. The van der Waals surface area contributed by atoms with Crippen LogP contribution in [0.1, 0.15) is 35.7 Å². The van der Waals surface area contributed by atoms with E-state index in [1.165, 1.54) is 47.8 Å². The van der Waals surface area contributed by atoms with Gasteiger partial charge >= 0.3 is 29.6 Å². The quantitative estimate of drug-likeness (QED) is 0.0195. The Hall–Kier alpha value is -5.26. The van der Waals surface area contributed by atoms with Gasteiger partial charge in [0.25, 0.3) is 17.7 Å². The molecule has 20 nitrogen and oxygen atoms in total. The molecule has 3 amide bonds. The van der Waals surface area contributed by atoms with Crippen LogP contribution in [0.3, 0.4) is 0 Å². The molecule has 0 spiro atoms. The Morgan fingerprint density at radius 1 is 1.22 bits per heavy atom. The monoisotopic (exact) mass is 859 g/mol. The second-order valence-electron chi connectivity index (χ2n) is 13.4. The van der Waals surface area contributed by atoms with Gasteiger partial charge in [-0.25, -0.2) is 14.2 Å². The summed E-state index contributed by atoms with van der Waals surface area (Å²) in [6.07, 6.45) is 5.74. The van der Waals surface area contributed by atoms with E-state index in [-0.39, 0.29) is 63.2 Å². The number of aromatic hydroxyl groups is 2. The van der Waals surface area contributed by atoms with E-state index in [1.807, 2.05) is 39.9 Å². The molecule has 0 radical (unpaired) electrons. The molecule has 6 heterocycles. The van der Waals surface area contributed by atoms with Crippen LogP contribution in [0.4, 0.5) is 5.13 Å². The zero-order valence-electron chi connectivity index (χ0n) is 31.2. The number of phenols is 2. The molecule has 5 aromatic rings. The van der Waals surface area contributed by atoms with Crippen molar-refractivity contribution in [3.05, 3.63) is 75.9 Å². The molecule has 4 aromatic heterocycles. The number of carboxylic acids is 1. The van der Waals surface area contributed by atoms with Gasteiger partial charge < -0.3 is 45.9 Å². The fourth-order valence-electron chi connectivity index (χ4n) is 6.07. The number of rotatable bonds is 13. The van der Waals surface area contributed by atoms with Crippen molar-refractivity contribution in [2.24, 2.45) is 12.2 Å². The number of nitrogens with zero attached hydrogens (tertiary/aromatic N) is 9. The molecule has 1 saturated heterocycles. The number of aryl methyl sites for hydroxylation is 1. The largest absolute Gasteiger partial charge is 1.00 e. The number of oxime groups is 1. The Balaban J connectivity index is 0.00000567. The van der Waals surface area contributed by atoms with Crippen LogP contribution in [0.2, 0.25) is 5.02 Å². The molecule has 0 aliphatic carbocycles. The average molecular weight is 860 g/mol. The van der Waals surface area contributed by atoms with Crippen molar-refractivity contribution in [1.82, 2.24) is 45.3 Å². The number of nitrogen functional groups attached to an aromatic ring is 1. The smallest absolute Gasteiger partial charge is 0.546 e. The molecule has 1 fully saturated rings. The van der Waals surface area contributed by atoms with Crippen LogP contribution in [0, 0.1) is 0 Å². The van der Waals surface area contributed by atoms with Crippen LogP contribution >= 0.6 is 34.7 Å². The SMILES string of the molecule is Cn1nnnc1C1=C(C[n+]2ccc3c(ccn3CCNC(=O)c3ccc(O)c(O)c3Cl)c2)CSC2C(NC(=O)/C(=N\OC(C)(C)C(=O)[O-])c3csc(N)n3)C(=O)N12.[Na+]. The first-order valence-electron chi connectivity index (χ1n) is 17.0. The summed E-state index contributed by atoms with van der Waals surface area (Å²) in [5.74, 6) is -3.51. The van der Waals surface area contributed by atoms with Gasteiger partial charge in [0.15, 0.2) is 52.7 Å². The number of halogens is 1. The molecule has 1 aromatic carbocycles. The van der Waals surface area contributed by atoms with Gasteiger partial charge in [0.05, 0.1) is 33.2 Å². The summed E-state index contributed by atoms with van der Waals surface area (Å²) in [7, 11) is 1.66. The third kappa shape index (κ3) is 8.20. The van der Waals surface area contributed by atoms with Crippen LogP contribution in [0.15, 0.2) is 59.0 Å². The second-order valence-corrected chi connectivity index (χ2v) is 15.7. The second kappa shape index (κ2) is 16.9. The molecular weight excluding hydrogens is 827 g/mol. The van der Waals surface area contributed by atoms with Crippen LogP contribution < -0.4 is 55.6 Å². The van der Waals surface area contributed by atoms with E-state index in [2.05, 4.69) is 36.3 Å². The van der Waals surface area contributed by atoms with Gasteiger partial charge in [0.2, 0.25) is 0 Å². The van der Waals surface area contributed by atoms with Gasteiger partial charge in [0.1, 0.15) is 17.1 Å². The van der Waals surface area contributed by atoms with Gasteiger partial charge in [0, 0.05) is 49.1 Å². The maximum atomic E-state index is 13.9. The number of pyridine rings is 1. The number of fused-ring (bicyclic) bond motifs is 2. The molecular formula is C34H33ClN12NaO8S2+. The summed E-state index contributed by atoms with van der Waals surface area (Å²) in [6.45, 7) is 3.47. The van der Waals surface area contributed by atoms with Gasteiger partial charge in [-0.05, 0) is 42.5 Å². The summed E-state index contributed by atoms with van der Waals surface area (Å²) in [5, 5.41) is 53.9. The standard InChI is InChI=1S/C34H33ClN12O8S2.Na/c1-34(2,32(53)54)55-41-23(19-15-57-33(36)38-19)29(51)39-24-30(52)47-25(27-40-42-43-44(27)3)17(14-56-31(24)47)13-45-9-7-20-16(12-45)6-10-46(20)11-8-37-28(50)18-4-5-21(48)26(49)22(18)35;/h4-7,9-10,12,15,24,31H,8,11,13-14H2,1-3H3,(H6-,36,37,38,39,41,42,43,48,49,50,51,53,54);/q;+1. The Kier molecular flexibility index (Phi) is 12.4. The van der Waals surface area contributed by atoms with Crippen molar-refractivity contribution in [3.8, 4) is 11.5 Å². The molecule has 2 aliphatic heterocycles. The van der Waals surface area contributed by atoms with E-state index in [4.69, 9.17) is 22.2 Å². The minimum absolute atomic E-state index is 0. The first-order chi connectivity index (χ1) is 27.1. The van der Waals surface area contributed by atoms with E-state index >= 15 is 0 Å². The third-order valence-electron chi connectivity index (χ3n) is 9.12. The van der Waals surface area contributed by atoms with Crippen molar-refractivity contribution in [2.45, 2.75) is 44.0 Å². The van der Waals surface area contributed by atoms with E-state index in [1.54, 1.807) is 11.9 Å². The van der Waals surface area contributed by atoms with E-state index in [0.29, 0.717) is 30.4 Å². The number of thiazole rings is 1. The number of carboxylic acid groups (broad SMARTS) is 1. The average Bonchev–Trinajstić information content (AvgIpc) is 3.92. The molecule has 2 unspecified atom stereocenters. The normalized spacial score (nSPS) is 16.7. The van der Waals surface area contributed by atoms with Crippen molar-refractivity contribution in [3.63, 3.8) is 0 Å². The molecule has 6 N–H and O–H groups in total. The molecule has 0 saturated carbocycles. The molecule has 2 atom stereocenters. The molecule has 24 heteroatoms. The maximum absolute atomic E-state index is 13.9. The van der Waals surface area contributed by atoms with E-state index in [0.717, 1.165) is 27.8 Å². The summed E-state index contributed by atoms with van der Waals surface area (Å²) >= 11 is 8.50. The molecule has 7 rings (SSSR count). The topological polar surface area (TPSA) is 272 Å².